The van der Waals surface area contributed by atoms with Gasteiger partial charge in [-0.3, -0.25) is 0 Å². The molecule has 0 bridgehead atoms. The van der Waals surface area contributed by atoms with Gasteiger partial charge in [-0.1, -0.05) is 11.6 Å². The van der Waals surface area contributed by atoms with Crippen LogP contribution in [0.3, 0.4) is 0 Å². The molecule has 1 heterocycles. The van der Waals surface area contributed by atoms with Crippen LogP contribution in [0.5, 0.6) is 5.75 Å². The van der Waals surface area contributed by atoms with Crippen LogP contribution in [0.4, 0.5) is 5.69 Å². The molecule has 2 aromatic rings. The van der Waals surface area contributed by atoms with Crippen molar-refractivity contribution >= 4 is 38.7 Å². The quantitative estimate of drug-likeness (QED) is 0.797. The zero-order chi connectivity index (χ0) is 10.1. The first kappa shape index (κ1) is 9.62. The summed E-state index contributed by atoms with van der Waals surface area (Å²) < 4.78 is 7.21. The van der Waals surface area contributed by atoms with Gasteiger partial charge in [0.2, 0.25) is 0 Å². The lowest BCUT2D eigenvalue weighted by Crippen LogP contribution is -1.93. The highest BCUT2D eigenvalue weighted by Crippen LogP contribution is 2.35. The van der Waals surface area contributed by atoms with E-state index in [-0.39, 0.29) is 0 Å². The topological polar surface area (TPSA) is 35.2 Å². The number of hydrogen-bond donors (Lipinski definition) is 1. The Balaban J connectivity index is 2.59. The molecule has 4 heteroatoms. The van der Waals surface area contributed by atoms with E-state index >= 15 is 0 Å². The summed E-state index contributed by atoms with van der Waals surface area (Å²) in [5, 5.41) is 1.00. The summed E-state index contributed by atoms with van der Waals surface area (Å²) in [6.07, 6.45) is 0. The second-order valence-electron chi connectivity index (χ2n) is 2.91. The van der Waals surface area contributed by atoms with Crippen molar-refractivity contribution in [3.63, 3.8) is 0 Å². The van der Waals surface area contributed by atoms with Gasteiger partial charge >= 0.3 is 0 Å². The van der Waals surface area contributed by atoms with Crippen LogP contribution in [-0.2, 0) is 0 Å². The van der Waals surface area contributed by atoms with E-state index in [2.05, 4.69) is 0 Å². The molecule has 74 valence electrons. The van der Waals surface area contributed by atoms with Crippen molar-refractivity contribution in [3.05, 3.63) is 22.5 Å². The van der Waals surface area contributed by atoms with Crippen LogP contribution in [-0.4, -0.2) is 6.61 Å². The van der Waals surface area contributed by atoms with Crippen LogP contribution in [0.15, 0.2) is 18.2 Å². The maximum absolute atomic E-state index is 5.91. The molecule has 1 aromatic carbocycles. The van der Waals surface area contributed by atoms with Gasteiger partial charge in [0.25, 0.3) is 0 Å². The largest absolute Gasteiger partial charge is 0.494 e. The first-order chi connectivity index (χ1) is 6.70. The fourth-order valence-corrected chi connectivity index (χ4v) is 2.57. The van der Waals surface area contributed by atoms with E-state index in [1.165, 1.54) is 11.3 Å². The summed E-state index contributed by atoms with van der Waals surface area (Å²) in [6, 6.07) is 5.67. The van der Waals surface area contributed by atoms with Crippen molar-refractivity contribution in [2.45, 2.75) is 6.92 Å². The smallest absolute Gasteiger partial charge is 0.122 e. The van der Waals surface area contributed by atoms with Crippen molar-refractivity contribution in [2.24, 2.45) is 0 Å². The molecule has 0 fully saturated rings. The van der Waals surface area contributed by atoms with E-state index in [4.69, 9.17) is 22.1 Å². The SMILES string of the molecule is CCOc1cc(N)c2cc(Cl)sc2c1. The molecule has 0 amide bonds. The van der Waals surface area contributed by atoms with Crippen molar-refractivity contribution in [3.8, 4) is 5.75 Å². The molecular formula is C10H10ClNOS. The van der Waals surface area contributed by atoms with Crippen molar-refractivity contribution in [1.29, 1.82) is 0 Å². The van der Waals surface area contributed by atoms with E-state index in [0.717, 1.165) is 20.2 Å². The molecule has 2 nitrogen and oxygen atoms in total. The zero-order valence-electron chi connectivity index (χ0n) is 7.71. The van der Waals surface area contributed by atoms with Gasteiger partial charge in [-0.05, 0) is 19.1 Å². The second kappa shape index (κ2) is 3.67. The van der Waals surface area contributed by atoms with Gasteiger partial charge in [0.1, 0.15) is 5.75 Å². The van der Waals surface area contributed by atoms with Gasteiger partial charge in [-0.2, -0.15) is 0 Å². The third-order valence-electron chi connectivity index (χ3n) is 1.92. The van der Waals surface area contributed by atoms with Crippen LogP contribution in [0.25, 0.3) is 10.1 Å². The zero-order valence-corrected chi connectivity index (χ0v) is 9.28. The molecule has 0 atom stereocenters. The number of ether oxygens (including phenoxy) is 1. The van der Waals surface area contributed by atoms with E-state index in [1.54, 1.807) is 0 Å². The Morgan fingerprint density at radius 1 is 1.43 bits per heavy atom. The Bertz CT molecular complexity index is 466. The Morgan fingerprint density at radius 2 is 2.21 bits per heavy atom. The maximum atomic E-state index is 5.91. The van der Waals surface area contributed by atoms with Crippen molar-refractivity contribution < 1.29 is 4.74 Å². The number of thiophene rings is 1. The minimum atomic E-state index is 0.643. The summed E-state index contributed by atoms with van der Waals surface area (Å²) in [5.74, 6) is 0.802. The number of nitrogens with two attached hydrogens (primary N) is 1. The van der Waals surface area contributed by atoms with Crippen LogP contribution >= 0.6 is 22.9 Å². The molecule has 0 radical (unpaired) electrons. The van der Waals surface area contributed by atoms with Crippen LogP contribution in [0, 0.1) is 0 Å². The fraction of sp³-hybridized carbons (Fsp3) is 0.200. The van der Waals surface area contributed by atoms with E-state index in [9.17, 15) is 0 Å². The molecule has 2 N–H and O–H groups in total. The van der Waals surface area contributed by atoms with Crippen LogP contribution < -0.4 is 10.5 Å². The molecular weight excluding hydrogens is 218 g/mol. The van der Waals surface area contributed by atoms with E-state index in [1.807, 2.05) is 25.1 Å². The highest BCUT2D eigenvalue weighted by atomic mass is 35.5. The first-order valence-electron chi connectivity index (χ1n) is 4.32. The summed E-state index contributed by atoms with van der Waals surface area (Å²) in [5.41, 5.74) is 6.59. The average Bonchev–Trinajstić information content (AvgIpc) is 2.47. The molecule has 0 aliphatic carbocycles. The third kappa shape index (κ3) is 1.65. The Morgan fingerprint density at radius 3 is 2.93 bits per heavy atom. The van der Waals surface area contributed by atoms with Gasteiger partial charge < -0.3 is 10.5 Å². The molecule has 2 rings (SSSR count). The normalized spacial score (nSPS) is 10.7. The lowest BCUT2D eigenvalue weighted by atomic mass is 10.2. The molecule has 0 saturated heterocycles. The minimum absolute atomic E-state index is 0.643. The predicted octanol–water partition coefficient (Wildman–Crippen LogP) is 3.54. The van der Waals surface area contributed by atoms with Gasteiger partial charge in [0, 0.05) is 21.8 Å². The first-order valence-corrected chi connectivity index (χ1v) is 5.51. The highest BCUT2D eigenvalue weighted by Gasteiger charge is 2.05. The van der Waals surface area contributed by atoms with Gasteiger partial charge in [0.15, 0.2) is 0 Å². The fourth-order valence-electron chi connectivity index (χ4n) is 1.36. The van der Waals surface area contributed by atoms with E-state index < -0.39 is 0 Å². The maximum Gasteiger partial charge on any atom is 0.122 e. The number of anilines is 1. The Kier molecular flexibility index (Phi) is 2.52. The predicted molar refractivity (Wildman–Crippen MR) is 62.4 cm³/mol. The molecule has 0 aliphatic rings. The summed E-state index contributed by atoms with van der Waals surface area (Å²) in [7, 11) is 0. The minimum Gasteiger partial charge on any atom is -0.494 e. The molecule has 0 unspecified atom stereocenters. The highest BCUT2D eigenvalue weighted by molar-refractivity contribution is 7.22. The van der Waals surface area contributed by atoms with Crippen LogP contribution in [0.2, 0.25) is 4.34 Å². The Hall–Kier alpha value is -0.930. The summed E-state index contributed by atoms with van der Waals surface area (Å²) in [6.45, 7) is 2.59. The molecule has 0 aliphatic heterocycles. The summed E-state index contributed by atoms with van der Waals surface area (Å²) in [4.78, 5) is 0. The number of halogens is 1. The number of nitrogen functional groups attached to an aromatic ring is 1. The lowest BCUT2D eigenvalue weighted by molar-refractivity contribution is 0.341. The molecule has 1 aromatic heterocycles. The molecule has 0 spiro atoms. The lowest BCUT2D eigenvalue weighted by Gasteiger charge is -2.04. The Labute approximate surface area is 91.2 Å². The molecule has 14 heavy (non-hydrogen) atoms. The number of rotatable bonds is 2. The monoisotopic (exact) mass is 227 g/mol. The van der Waals surface area contributed by atoms with Crippen molar-refractivity contribution in [2.75, 3.05) is 12.3 Å². The standard InChI is InChI=1S/C10H10ClNOS/c1-2-13-6-3-8(12)7-5-10(11)14-9(7)4-6/h3-5H,2,12H2,1H3. The molecule has 0 saturated carbocycles. The number of fused-ring (bicyclic) bond motifs is 1. The summed E-state index contributed by atoms with van der Waals surface area (Å²) >= 11 is 7.42. The van der Waals surface area contributed by atoms with Gasteiger partial charge in [-0.25, -0.2) is 0 Å². The number of hydrogen-bond acceptors (Lipinski definition) is 3. The second-order valence-corrected chi connectivity index (χ2v) is 4.62. The van der Waals surface area contributed by atoms with E-state index in [0.29, 0.717) is 12.3 Å². The van der Waals surface area contributed by atoms with Crippen LogP contribution in [0.1, 0.15) is 6.92 Å². The average molecular weight is 228 g/mol. The van der Waals surface area contributed by atoms with Gasteiger partial charge in [0.05, 0.1) is 10.9 Å². The third-order valence-corrected chi connectivity index (χ3v) is 3.13. The van der Waals surface area contributed by atoms with Gasteiger partial charge in [-0.15, -0.1) is 11.3 Å². The number of benzene rings is 1. The van der Waals surface area contributed by atoms with Crippen molar-refractivity contribution in [1.82, 2.24) is 0 Å².